The van der Waals surface area contributed by atoms with E-state index in [0.717, 1.165) is 5.57 Å². The molecule has 1 aliphatic carbocycles. The number of rotatable bonds is 2. The van der Waals surface area contributed by atoms with Crippen LogP contribution in [0, 0.1) is 5.92 Å². The second kappa shape index (κ2) is 5.89. The Hall–Kier alpha value is -2.77. The first-order valence-corrected chi connectivity index (χ1v) is 8.20. The van der Waals surface area contributed by atoms with Crippen molar-refractivity contribution in [3.63, 3.8) is 0 Å². The van der Waals surface area contributed by atoms with Gasteiger partial charge in [0.2, 0.25) is 11.7 Å². The molecule has 0 radical (unpaired) electrons. The third-order valence-electron chi connectivity index (χ3n) is 4.78. The number of aromatic amines is 1. The summed E-state index contributed by atoms with van der Waals surface area (Å²) < 4.78 is 44.4. The highest BCUT2D eigenvalue weighted by Crippen LogP contribution is 2.37. The number of imidazole rings is 1. The van der Waals surface area contributed by atoms with Gasteiger partial charge in [-0.3, -0.25) is 4.79 Å². The molecule has 4 rings (SSSR count). The molecule has 8 heteroatoms. The Labute approximate surface area is 146 Å². The van der Waals surface area contributed by atoms with Gasteiger partial charge in [-0.2, -0.15) is 13.2 Å². The number of piperidine rings is 1. The summed E-state index contributed by atoms with van der Waals surface area (Å²) in [5.41, 5.74) is 1.81. The van der Waals surface area contributed by atoms with E-state index in [0.29, 0.717) is 24.2 Å². The van der Waals surface area contributed by atoms with Gasteiger partial charge in [0.15, 0.2) is 0 Å². The van der Waals surface area contributed by atoms with Gasteiger partial charge >= 0.3 is 6.18 Å². The molecule has 1 aromatic heterocycles. The average Bonchev–Trinajstić information content (AvgIpc) is 3.06. The van der Waals surface area contributed by atoms with Crippen LogP contribution in [0.15, 0.2) is 30.4 Å². The highest BCUT2D eigenvalue weighted by molar-refractivity contribution is 5.95. The van der Waals surface area contributed by atoms with Gasteiger partial charge in [-0.25, -0.2) is 4.98 Å². The smallest absolute Gasteiger partial charge is 0.449 e. The van der Waals surface area contributed by atoms with Gasteiger partial charge in [0, 0.05) is 17.9 Å². The first kappa shape index (κ1) is 16.7. The van der Waals surface area contributed by atoms with Crippen LogP contribution in [-0.2, 0) is 11.0 Å². The van der Waals surface area contributed by atoms with Crippen molar-refractivity contribution in [2.45, 2.75) is 25.1 Å². The number of H-pyrrole nitrogens is 1. The molecule has 0 bridgehead atoms. The standard InChI is InChI=1S/C18H16F3N3O2/c1-26-13-6-4-11(15-16(13)24-17(23-15)18(19,20)21)9-2-5-12-10(8-9)3-7-14(25)22-12/h2,4-6,8,10,12H,3,7H2,1H3,(H,22,25)(H,23,24). The molecule has 5 nitrogen and oxygen atoms in total. The Kier molecular flexibility index (Phi) is 3.78. The van der Waals surface area contributed by atoms with Gasteiger partial charge in [-0.15, -0.1) is 0 Å². The monoisotopic (exact) mass is 363 g/mol. The van der Waals surface area contributed by atoms with E-state index < -0.39 is 12.0 Å². The van der Waals surface area contributed by atoms with E-state index in [1.54, 1.807) is 12.1 Å². The van der Waals surface area contributed by atoms with E-state index >= 15 is 0 Å². The number of fused-ring (bicyclic) bond motifs is 2. The Balaban J connectivity index is 1.81. The molecule has 2 aliphatic rings. The number of amides is 1. The van der Waals surface area contributed by atoms with E-state index in [4.69, 9.17) is 4.74 Å². The van der Waals surface area contributed by atoms with Crippen molar-refractivity contribution in [1.29, 1.82) is 0 Å². The highest BCUT2D eigenvalue weighted by Gasteiger charge is 2.36. The Morgan fingerprint density at radius 3 is 2.85 bits per heavy atom. The zero-order valence-electron chi connectivity index (χ0n) is 13.9. The molecular formula is C18H16F3N3O2. The number of allylic oxidation sites excluding steroid dienone is 2. The fourth-order valence-corrected chi connectivity index (χ4v) is 3.50. The zero-order valence-corrected chi connectivity index (χ0v) is 13.9. The summed E-state index contributed by atoms with van der Waals surface area (Å²) in [4.78, 5) is 17.6. The number of nitrogens with zero attached hydrogens (tertiary/aromatic N) is 1. The summed E-state index contributed by atoms with van der Waals surface area (Å²) in [7, 11) is 1.40. The second-order valence-electron chi connectivity index (χ2n) is 6.40. The minimum atomic E-state index is -4.57. The van der Waals surface area contributed by atoms with Crippen molar-refractivity contribution in [3.05, 3.63) is 41.7 Å². The molecule has 2 aromatic rings. The van der Waals surface area contributed by atoms with Gasteiger partial charge < -0.3 is 15.0 Å². The normalized spacial score (nSPS) is 22.8. The largest absolute Gasteiger partial charge is 0.494 e. The molecule has 2 N–H and O–H groups in total. The van der Waals surface area contributed by atoms with Gasteiger partial charge in [0.25, 0.3) is 0 Å². The maximum atomic E-state index is 13.1. The predicted molar refractivity (Wildman–Crippen MR) is 89.4 cm³/mol. The third kappa shape index (κ3) is 2.75. The number of hydrogen-bond donors (Lipinski definition) is 2. The number of nitrogens with one attached hydrogen (secondary N) is 2. The number of benzene rings is 1. The maximum Gasteiger partial charge on any atom is 0.449 e. The number of halogens is 3. The van der Waals surface area contributed by atoms with Crippen LogP contribution >= 0.6 is 0 Å². The van der Waals surface area contributed by atoms with E-state index in [1.807, 2.05) is 18.2 Å². The van der Waals surface area contributed by atoms with Crippen LogP contribution in [0.3, 0.4) is 0 Å². The molecule has 1 aliphatic heterocycles. The Morgan fingerprint density at radius 1 is 1.31 bits per heavy atom. The number of methoxy groups -OCH3 is 1. The van der Waals surface area contributed by atoms with Crippen LogP contribution in [0.2, 0.25) is 0 Å². The minimum Gasteiger partial charge on any atom is -0.494 e. The fraction of sp³-hybridized carbons (Fsp3) is 0.333. The lowest BCUT2D eigenvalue weighted by Gasteiger charge is -2.31. The van der Waals surface area contributed by atoms with E-state index in [-0.39, 0.29) is 28.9 Å². The Bertz CT molecular complexity index is 943. The second-order valence-corrected chi connectivity index (χ2v) is 6.40. The number of carbonyl (C=O) groups is 1. The maximum absolute atomic E-state index is 13.1. The van der Waals surface area contributed by atoms with Crippen molar-refractivity contribution in [1.82, 2.24) is 15.3 Å². The van der Waals surface area contributed by atoms with Crippen molar-refractivity contribution in [2.75, 3.05) is 7.11 Å². The van der Waals surface area contributed by atoms with Crippen LogP contribution in [0.25, 0.3) is 16.6 Å². The number of aromatic nitrogens is 2. The predicted octanol–water partition coefficient (Wildman–Crippen LogP) is 3.44. The van der Waals surface area contributed by atoms with Crippen molar-refractivity contribution < 1.29 is 22.7 Å². The molecule has 1 aromatic carbocycles. The summed E-state index contributed by atoms with van der Waals surface area (Å²) in [6, 6.07) is 3.26. The van der Waals surface area contributed by atoms with Crippen LogP contribution in [-0.4, -0.2) is 29.0 Å². The molecule has 1 fully saturated rings. The number of ether oxygens (including phenoxy) is 1. The topological polar surface area (TPSA) is 67.0 Å². The lowest BCUT2D eigenvalue weighted by molar-refractivity contribution is -0.144. The fourth-order valence-electron chi connectivity index (χ4n) is 3.50. The number of alkyl halides is 3. The van der Waals surface area contributed by atoms with Crippen molar-refractivity contribution >= 4 is 22.5 Å². The molecule has 1 saturated heterocycles. The van der Waals surface area contributed by atoms with Crippen LogP contribution in [0.1, 0.15) is 24.2 Å². The molecule has 2 heterocycles. The summed E-state index contributed by atoms with van der Waals surface area (Å²) >= 11 is 0. The van der Waals surface area contributed by atoms with Crippen LogP contribution < -0.4 is 10.1 Å². The van der Waals surface area contributed by atoms with Gasteiger partial charge in [0.1, 0.15) is 16.8 Å². The lowest BCUT2D eigenvalue weighted by atomic mass is 9.83. The van der Waals surface area contributed by atoms with Gasteiger partial charge in [0.05, 0.1) is 13.2 Å². The summed E-state index contributed by atoms with van der Waals surface area (Å²) in [6.45, 7) is 0. The quantitative estimate of drug-likeness (QED) is 0.859. The van der Waals surface area contributed by atoms with Gasteiger partial charge in [-0.05, 0) is 24.1 Å². The van der Waals surface area contributed by atoms with E-state index in [9.17, 15) is 18.0 Å². The summed E-state index contributed by atoms with van der Waals surface area (Å²) in [6.07, 6.45) is 2.26. The van der Waals surface area contributed by atoms with Crippen molar-refractivity contribution in [3.8, 4) is 5.75 Å². The van der Waals surface area contributed by atoms with Crippen LogP contribution in [0.4, 0.5) is 13.2 Å². The molecule has 2 atom stereocenters. The summed E-state index contributed by atoms with van der Waals surface area (Å²) in [5.74, 6) is -0.621. The molecule has 136 valence electrons. The van der Waals surface area contributed by atoms with Crippen molar-refractivity contribution in [2.24, 2.45) is 5.92 Å². The average molecular weight is 363 g/mol. The molecule has 1 amide bonds. The molecule has 0 saturated carbocycles. The number of hydrogen-bond acceptors (Lipinski definition) is 3. The third-order valence-corrected chi connectivity index (χ3v) is 4.78. The molecule has 0 spiro atoms. The first-order valence-electron chi connectivity index (χ1n) is 8.20. The van der Waals surface area contributed by atoms with E-state index in [2.05, 4.69) is 15.3 Å². The van der Waals surface area contributed by atoms with Crippen LogP contribution in [0.5, 0.6) is 5.75 Å². The summed E-state index contributed by atoms with van der Waals surface area (Å²) in [5, 5.41) is 2.91. The lowest BCUT2D eigenvalue weighted by Crippen LogP contribution is -2.43. The SMILES string of the molecule is COc1ccc(C2=CC3CCC(=O)NC3C=C2)c2nc(C(F)(F)F)[nH]c12. The number of carbonyl (C=O) groups excluding carboxylic acids is 1. The molecular weight excluding hydrogens is 347 g/mol. The molecule has 2 unspecified atom stereocenters. The minimum absolute atomic E-state index is 0.0155. The first-order chi connectivity index (χ1) is 12.4. The zero-order chi connectivity index (χ0) is 18.5. The highest BCUT2D eigenvalue weighted by atomic mass is 19.4. The van der Waals surface area contributed by atoms with E-state index in [1.165, 1.54) is 7.11 Å². The Morgan fingerprint density at radius 2 is 2.12 bits per heavy atom. The van der Waals surface area contributed by atoms with Gasteiger partial charge in [-0.1, -0.05) is 18.2 Å². The molecule has 26 heavy (non-hydrogen) atoms.